The minimum Gasteiger partial charge on any atom is -0.394 e. The molecular weight excluding hydrogens is 234 g/mol. The molecule has 0 amide bonds. The van der Waals surface area contributed by atoms with Crippen LogP contribution in [0.3, 0.4) is 0 Å². The maximum absolute atomic E-state index is 10.4. The van der Waals surface area contributed by atoms with Crippen LogP contribution in [0.25, 0.3) is 0 Å². The van der Waals surface area contributed by atoms with Crippen molar-refractivity contribution in [2.75, 3.05) is 6.61 Å². The Hall–Kier alpha value is -1.55. The summed E-state index contributed by atoms with van der Waals surface area (Å²) in [6.07, 6.45) is -3.25. The van der Waals surface area contributed by atoms with E-state index in [0.717, 1.165) is 6.20 Å². The SMILES string of the molecule is O=[N+]([O-])c1ncc([C@@H]2O[C@H](CO)[C@@H](O)[C@H]2O)[nH]1. The second-order valence-electron chi connectivity index (χ2n) is 3.68. The van der Waals surface area contributed by atoms with Crippen molar-refractivity contribution in [2.24, 2.45) is 0 Å². The fourth-order valence-electron chi connectivity index (χ4n) is 1.72. The summed E-state index contributed by atoms with van der Waals surface area (Å²) in [5.41, 5.74) is 0.180. The first kappa shape index (κ1) is 11.9. The van der Waals surface area contributed by atoms with E-state index in [2.05, 4.69) is 9.97 Å². The topological polar surface area (TPSA) is 142 Å². The minimum absolute atomic E-state index is 0.180. The molecule has 17 heavy (non-hydrogen) atoms. The van der Waals surface area contributed by atoms with Gasteiger partial charge >= 0.3 is 5.95 Å². The van der Waals surface area contributed by atoms with Crippen LogP contribution in [0.15, 0.2) is 6.20 Å². The van der Waals surface area contributed by atoms with E-state index in [1.54, 1.807) is 0 Å². The molecule has 4 N–H and O–H groups in total. The highest BCUT2D eigenvalue weighted by molar-refractivity contribution is 5.16. The third-order valence-corrected chi connectivity index (χ3v) is 2.60. The van der Waals surface area contributed by atoms with Gasteiger partial charge in [-0.05, 0) is 4.92 Å². The molecular formula is C8H11N3O6. The fourth-order valence-corrected chi connectivity index (χ4v) is 1.72. The predicted octanol–water partition coefficient (Wildman–Crippen LogP) is -1.53. The number of ether oxygens (including phenoxy) is 1. The van der Waals surface area contributed by atoms with Crippen LogP contribution in [0, 0.1) is 10.1 Å². The summed E-state index contributed by atoms with van der Waals surface area (Å²) in [5, 5.41) is 38.5. The number of nitrogens with zero attached hydrogens (tertiary/aromatic N) is 2. The van der Waals surface area contributed by atoms with Crippen molar-refractivity contribution in [3.05, 3.63) is 22.0 Å². The lowest BCUT2D eigenvalue weighted by Gasteiger charge is -2.10. The van der Waals surface area contributed by atoms with E-state index in [0.29, 0.717) is 0 Å². The molecule has 94 valence electrons. The van der Waals surface area contributed by atoms with Gasteiger partial charge in [0, 0.05) is 0 Å². The summed E-state index contributed by atoms with van der Waals surface area (Å²) < 4.78 is 5.17. The van der Waals surface area contributed by atoms with Crippen molar-refractivity contribution in [3.8, 4) is 0 Å². The number of aromatic amines is 1. The number of hydrogen-bond donors (Lipinski definition) is 4. The number of nitro groups is 1. The van der Waals surface area contributed by atoms with Crippen molar-refractivity contribution >= 4 is 5.95 Å². The molecule has 0 aliphatic carbocycles. The zero-order valence-corrected chi connectivity index (χ0v) is 8.55. The van der Waals surface area contributed by atoms with Crippen LogP contribution in [-0.4, -0.2) is 55.1 Å². The first-order chi connectivity index (χ1) is 8.04. The second-order valence-corrected chi connectivity index (χ2v) is 3.68. The Morgan fingerprint density at radius 3 is 2.71 bits per heavy atom. The van der Waals surface area contributed by atoms with E-state index in [-0.39, 0.29) is 5.69 Å². The Kier molecular flexibility index (Phi) is 3.07. The molecule has 0 spiro atoms. The first-order valence-electron chi connectivity index (χ1n) is 4.86. The average Bonchev–Trinajstić information content (AvgIpc) is 2.87. The Balaban J connectivity index is 2.19. The van der Waals surface area contributed by atoms with Crippen molar-refractivity contribution in [1.29, 1.82) is 0 Å². The zero-order valence-electron chi connectivity index (χ0n) is 8.55. The summed E-state index contributed by atoms with van der Waals surface area (Å²) in [5.74, 6) is -0.474. The van der Waals surface area contributed by atoms with Gasteiger partial charge < -0.3 is 30.2 Å². The summed E-state index contributed by atoms with van der Waals surface area (Å²) in [6.45, 7) is -0.453. The highest BCUT2D eigenvalue weighted by atomic mass is 16.6. The number of nitrogens with one attached hydrogen (secondary N) is 1. The van der Waals surface area contributed by atoms with Crippen molar-refractivity contribution in [2.45, 2.75) is 24.4 Å². The number of H-pyrrole nitrogens is 1. The standard InChI is InChI=1S/C8H11N3O6/c12-2-4-5(13)6(14)7(17-4)3-1-9-8(10-3)11(15)16/h1,4-7,12-14H,2H2,(H,9,10)/t4-,5-,6-,7+/m1/s1. The predicted molar refractivity (Wildman–Crippen MR) is 52.0 cm³/mol. The van der Waals surface area contributed by atoms with Gasteiger partial charge in [0.05, 0.1) is 6.61 Å². The molecule has 1 fully saturated rings. The smallest absolute Gasteiger partial charge is 0.394 e. The summed E-state index contributed by atoms with van der Waals surface area (Å²) in [4.78, 5) is 15.5. The van der Waals surface area contributed by atoms with Gasteiger partial charge in [-0.1, -0.05) is 4.98 Å². The van der Waals surface area contributed by atoms with Crippen LogP contribution in [0.1, 0.15) is 11.8 Å². The average molecular weight is 245 g/mol. The molecule has 0 aromatic carbocycles. The second kappa shape index (κ2) is 4.37. The lowest BCUT2D eigenvalue weighted by atomic mass is 10.1. The quantitative estimate of drug-likeness (QED) is 0.374. The van der Waals surface area contributed by atoms with Crippen molar-refractivity contribution in [3.63, 3.8) is 0 Å². The number of imidazole rings is 1. The summed E-state index contributed by atoms with van der Waals surface area (Å²) in [7, 11) is 0. The van der Waals surface area contributed by atoms with Gasteiger partial charge in [-0.15, -0.1) is 0 Å². The molecule has 2 heterocycles. The van der Waals surface area contributed by atoms with Gasteiger partial charge in [0.25, 0.3) is 0 Å². The van der Waals surface area contributed by atoms with Crippen LogP contribution >= 0.6 is 0 Å². The molecule has 2 rings (SSSR count). The molecule has 1 aromatic rings. The Bertz CT molecular complexity index is 421. The van der Waals surface area contributed by atoms with Crippen LogP contribution in [0.5, 0.6) is 0 Å². The molecule has 1 aliphatic rings. The monoisotopic (exact) mass is 245 g/mol. The van der Waals surface area contributed by atoms with Gasteiger partial charge in [-0.25, -0.2) is 4.98 Å². The highest BCUT2D eigenvalue weighted by Gasteiger charge is 2.45. The molecule has 1 aliphatic heterocycles. The molecule has 9 nitrogen and oxygen atoms in total. The minimum atomic E-state index is -1.27. The zero-order chi connectivity index (χ0) is 12.6. The third-order valence-electron chi connectivity index (χ3n) is 2.60. The van der Waals surface area contributed by atoms with Gasteiger partial charge in [-0.3, -0.25) is 0 Å². The van der Waals surface area contributed by atoms with E-state index in [9.17, 15) is 20.3 Å². The van der Waals surface area contributed by atoms with Crippen LogP contribution in [0.2, 0.25) is 0 Å². The first-order valence-corrected chi connectivity index (χ1v) is 4.86. The molecule has 4 atom stereocenters. The van der Waals surface area contributed by atoms with Crippen molar-refractivity contribution < 1.29 is 25.0 Å². The van der Waals surface area contributed by atoms with Crippen LogP contribution in [0.4, 0.5) is 5.95 Å². The maximum Gasteiger partial charge on any atom is 0.432 e. The third kappa shape index (κ3) is 2.00. The lowest BCUT2D eigenvalue weighted by Crippen LogP contribution is -2.32. The Morgan fingerprint density at radius 1 is 1.53 bits per heavy atom. The van der Waals surface area contributed by atoms with E-state index in [4.69, 9.17) is 9.84 Å². The van der Waals surface area contributed by atoms with Gasteiger partial charge in [0.1, 0.15) is 36.3 Å². The number of aliphatic hydroxyl groups excluding tert-OH is 3. The van der Waals surface area contributed by atoms with E-state index < -0.39 is 41.9 Å². The van der Waals surface area contributed by atoms with Gasteiger partial charge in [0.2, 0.25) is 0 Å². The number of aromatic nitrogens is 2. The molecule has 0 radical (unpaired) electrons. The Labute approximate surface area is 94.8 Å². The van der Waals surface area contributed by atoms with Crippen LogP contribution < -0.4 is 0 Å². The lowest BCUT2D eigenvalue weighted by molar-refractivity contribution is -0.393. The molecule has 1 saturated heterocycles. The molecule has 1 aromatic heterocycles. The van der Waals surface area contributed by atoms with Crippen molar-refractivity contribution in [1.82, 2.24) is 9.97 Å². The van der Waals surface area contributed by atoms with Gasteiger partial charge in [-0.2, -0.15) is 0 Å². The number of hydrogen-bond acceptors (Lipinski definition) is 7. The highest BCUT2D eigenvalue weighted by Crippen LogP contribution is 2.32. The molecule has 0 saturated carbocycles. The number of aliphatic hydroxyl groups is 3. The summed E-state index contributed by atoms with van der Waals surface area (Å²) >= 11 is 0. The van der Waals surface area contributed by atoms with E-state index >= 15 is 0 Å². The Morgan fingerprint density at radius 2 is 2.24 bits per heavy atom. The molecule has 0 bridgehead atoms. The normalized spacial score (nSPS) is 32.9. The maximum atomic E-state index is 10.4. The largest absolute Gasteiger partial charge is 0.432 e. The molecule has 9 heteroatoms. The van der Waals surface area contributed by atoms with E-state index in [1.165, 1.54) is 0 Å². The molecule has 0 unspecified atom stereocenters. The fraction of sp³-hybridized carbons (Fsp3) is 0.625. The van der Waals surface area contributed by atoms with Crippen LogP contribution in [-0.2, 0) is 4.74 Å². The van der Waals surface area contributed by atoms with Gasteiger partial charge in [0.15, 0.2) is 0 Å². The summed E-state index contributed by atoms with van der Waals surface area (Å²) in [6, 6.07) is 0. The number of rotatable bonds is 3. The van der Waals surface area contributed by atoms with E-state index in [1.807, 2.05) is 0 Å².